The maximum absolute atomic E-state index is 12.4. The predicted octanol–water partition coefficient (Wildman–Crippen LogP) is 4.04. The number of rotatable bonds is 2. The first-order valence-corrected chi connectivity index (χ1v) is 7.74. The zero-order valence-corrected chi connectivity index (χ0v) is 12.7. The minimum atomic E-state index is -0.134. The molecule has 0 unspecified atom stereocenters. The number of benzene rings is 2. The third-order valence-electron chi connectivity index (χ3n) is 3.66. The van der Waals surface area contributed by atoms with Crippen LogP contribution in [0.2, 0.25) is 0 Å². The molecule has 0 aliphatic heterocycles. The first-order valence-electron chi connectivity index (χ1n) is 6.93. The van der Waals surface area contributed by atoms with Crippen molar-refractivity contribution in [2.75, 3.05) is 5.32 Å². The number of para-hydroxylation sites is 1. The van der Waals surface area contributed by atoms with Crippen LogP contribution >= 0.6 is 11.3 Å². The monoisotopic (exact) mass is 307 g/mol. The van der Waals surface area contributed by atoms with Crippen LogP contribution in [0.1, 0.15) is 10.4 Å². The molecule has 0 atom stereocenters. The molecular formula is C17H13N3OS. The highest BCUT2D eigenvalue weighted by atomic mass is 32.1. The van der Waals surface area contributed by atoms with Crippen molar-refractivity contribution in [3.8, 4) is 0 Å². The van der Waals surface area contributed by atoms with Gasteiger partial charge in [-0.25, -0.2) is 4.98 Å². The second-order valence-corrected chi connectivity index (χ2v) is 6.17. The maximum atomic E-state index is 12.4. The highest BCUT2D eigenvalue weighted by Crippen LogP contribution is 2.26. The zero-order chi connectivity index (χ0) is 15.1. The Hall–Kier alpha value is -2.66. The van der Waals surface area contributed by atoms with Crippen molar-refractivity contribution in [3.63, 3.8) is 0 Å². The van der Waals surface area contributed by atoms with Crippen LogP contribution in [-0.2, 0) is 7.05 Å². The van der Waals surface area contributed by atoms with Gasteiger partial charge in [0.05, 0.1) is 10.2 Å². The lowest BCUT2D eigenvalue weighted by Crippen LogP contribution is -2.11. The summed E-state index contributed by atoms with van der Waals surface area (Å²) in [4.78, 5) is 16.8. The van der Waals surface area contributed by atoms with E-state index < -0.39 is 0 Å². The zero-order valence-electron chi connectivity index (χ0n) is 11.9. The van der Waals surface area contributed by atoms with Crippen LogP contribution in [0.4, 0.5) is 5.13 Å². The Morgan fingerprint density at radius 1 is 1.18 bits per heavy atom. The van der Waals surface area contributed by atoms with Gasteiger partial charge in [-0.3, -0.25) is 10.1 Å². The predicted molar refractivity (Wildman–Crippen MR) is 90.5 cm³/mol. The Labute approximate surface area is 131 Å². The molecule has 2 heterocycles. The first kappa shape index (κ1) is 13.0. The second kappa shape index (κ2) is 4.96. The minimum absolute atomic E-state index is 0.134. The number of aryl methyl sites for hydroxylation is 1. The molecule has 2 aromatic carbocycles. The van der Waals surface area contributed by atoms with Gasteiger partial charge in [-0.05, 0) is 36.4 Å². The summed E-state index contributed by atoms with van der Waals surface area (Å²) in [5.74, 6) is -0.134. The van der Waals surface area contributed by atoms with Crippen molar-refractivity contribution in [3.05, 3.63) is 60.3 Å². The molecule has 0 spiro atoms. The van der Waals surface area contributed by atoms with E-state index in [1.165, 1.54) is 11.3 Å². The molecule has 0 aliphatic carbocycles. The van der Waals surface area contributed by atoms with Crippen LogP contribution in [0.3, 0.4) is 0 Å². The molecule has 1 N–H and O–H groups in total. The molecule has 0 saturated heterocycles. The van der Waals surface area contributed by atoms with E-state index in [4.69, 9.17) is 0 Å². The molecule has 4 aromatic rings. The highest BCUT2D eigenvalue weighted by molar-refractivity contribution is 7.22. The number of carbonyl (C=O) groups excluding carboxylic acids is 1. The lowest BCUT2D eigenvalue weighted by molar-refractivity contribution is 0.102. The molecule has 5 heteroatoms. The van der Waals surface area contributed by atoms with Gasteiger partial charge < -0.3 is 4.57 Å². The number of hydrogen-bond acceptors (Lipinski definition) is 3. The third-order valence-corrected chi connectivity index (χ3v) is 4.61. The van der Waals surface area contributed by atoms with E-state index in [0.29, 0.717) is 10.7 Å². The van der Waals surface area contributed by atoms with E-state index in [1.54, 1.807) is 0 Å². The first-order chi connectivity index (χ1) is 10.7. The van der Waals surface area contributed by atoms with Gasteiger partial charge in [0.25, 0.3) is 5.91 Å². The molecule has 4 rings (SSSR count). The smallest absolute Gasteiger partial charge is 0.257 e. The third kappa shape index (κ3) is 2.16. The summed E-state index contributed by atoms with van der Waals surface area (Å²) in [5, 5.41) is 4.56. The van der Waals surface area contributed by atoms with Crippen molar-refractivity contribution in [1.82, 2.24) is 9.55 Å². The molecule has 0 saturated carbocycles. The van der Waals surface area contributed by atoms with Crippen LogP contribution in [-0.4, -0.2) is 15.5 Å². The SMILES string of the molecule is Cn1ccc2cc(C(=O)Nc3nc4ccccc4s3)ccc21. The molecule has 0 fully saturated rings. The van der Waals surface area contributed by atoms with Crippen LogP contribution < -0.4 is 5.32 Å². The number of amides is 1. The normalized spacial score (nSPS) is 11.1. The van der Waals surface area contributed by atoms with Crippen molar-refractivity contribution >= 4 is 43.5 Å². The van der Waals surface area contributed by atoms with Crippen LogP contribution in [0.25, 0.3) is 21.1 Å². The second-order valence-electron chi connectivity index (χ2n) is 5.14. The summed E-state index contributed by atoms with van der Waals surface area (Å²) in [6.45, 7) is 0. The fraction of sp³-hybridized carbons (Fsp3) is 0.0588. The van der Waals surface area contributed by atoms with Crippen LogP contribution in [0, 0.1) is 0 Å². The summed E-state index contributed by atoms with van der Waals surface area (Å²) in [6, 6.07) is 15.6. The molecule has 0 radical (unpaired) electrons. The minimum Gasteiger partial charge on any atom is -0.351 e. The Morgan fingerprint density at radius 2 is 2.05 bits per heavy atom. The molecule has 0 bridgehead atoms. The summed E-state index contributed by atoms with van der Waals surface area (Å²) >= 11 is 1.48. The summed E-state index contributed by atoms with van der Waals surface area (Å²) in [7, 11) is 1.99. The van der Waals surface area contributed by atoms with Gasteiger partial charge in [0.2, 0.25) is 0 Å². The van der Waals surface area contributed by atoms with Gasteiger partial charge in [-0.2, -0.15) is 0 Å². The Morgan fingerprint density at radius 3 is 2.91 bits per heavy atom. The van der Waals surface area contributed by atoms with E-state index in [0.717, 1.165) is 21.1 Å². The number of hydrogen-bond donors (Lipinski definition) is 1. The topological polar surface area (TPSA) is 46.9 Å². The Kier molecular flexibility index (Phi) is 2.94. The van der Waals surface area contributed by atoms with Gasteiger partial charge in [0, 0.05) is 29.7 Å². The number of nitrogens with zero attached hydrogens (tertiary/aromatic N) is 2. The number of nitrogens with one attached hydrogen (secondary N) is 1. The largest absolute Gasteiger partial charge is 0.351 e. The number of fused-ring (bicyclic) bond motifs is 2. The van der Waals surface area contributed by atoms with Gasteiger partial charge in [-0.1, -0.05) is 23.5 Å². The van der Waals surface area contributed by atoms with Crippen molar-refractivity contribution < 1.29 is 4.79 Å². The number of carbonyl (C=O) groups is 1. The van der Waals surface area contributed by atoms with E-state index >= 15 is 0 Å². The number of anilines is 1. The fourth-order valence-electron chi connectivity index (χ4n) is 2.52. The average molecular weight is 307 g/mol. The fourth-order valence-corrected chi connectivity index (χ4v) is 3.38. The van der Waals surface area contributed by atoms with E-state index in [-0.39, 0.29) is 5.91 Å². The summed E-state index contributed by atoms with van der Waals surface area (Å²) < 4.78 is 3.10. The Balaban J connectivity index is 1.64. The average Bonchev–Trinajstić information content (AvgIpc) is 3.10. The van der Waals surface area contributed by atoms with Crippen molar-refractivity contribution in [1.29, 1.82) is 0 Å². The number of aromatic nitrogens is 2. The standard InChI is InChI=1S/C17H13N3OS/c1-20-9-8-11-10-12(6-7-14(11)20)16(21)19-17-18-13-4-2-3-5-15(13)22-17/h2-10H,1H3,(H,18,19,21). The molecule has 1 amide bonds. The number of thiazole rings is 1. The van der Waals surface area contributed by atoms with Gasteiger partial charge >= 0.3 is 0 Å². The van der Waals surface area contributed by atoms with Crippen LogP contribution in [0.5, 0.6) is 0 Å². The lowest BCUT2D eigenvalue weighted by Gasteiger charge is -2.02. The molecular weight excluding hydrogens is 294 g/mol. The Bertz CT molecular complexity index is 966. The van der Waals surface area contributed by atoms with E-state index in [2.05, 4.69) is 10.3 Å². The van der Waals surface area contributed by atoms with E-state index in [1.807, 2.05) is 66.3 Å². The highest BCUT2D eigenvalue weighted by Gasteiger charge is 2.11. The van der Waals surface area contributed by atoms with Gasteiger partial charge in [-0.15, -0.1) is 0 Å². The maximum Gasteiger partial charge on any atom is 0.257 e. The van der Waals surface area contributed by atoms with Gasteiger partial charge in [0.15, 0.2) is 5.13 Å². The van der Waals surface area contributed by atoms with Crippen molar-refractivity contribution in [2.24, 2.45) is 7.05 Å². The summed E-state index contributed by atoms with van der Waals surface area (Å²) in [6.07, 6.45) is 1.99. The van der Waals surface area contributed by atoms with Crippen molar-refractivity contribution in [2.45, 2.75) is 0 Å². The van der Waals surface area contributed by atoms with E-state index in [9.17, 15) is 4.79 Å². The van der Waals surface area contributed by atoms with Crippen LogP contribution in [0.15, 0.2) is 54.7 Å². The molecule has 22 heavy (non-hydrogen) atoms. The lowest BCUT2D eigenvalue weighted by atomic mass is 10.1. The molecule has 108 valence electrons. The molecule has 2 aromatic heterocycles. The quantitative estimate of drug-likeness (QED) is 0.607. The van der Waals surface area contributed by atoms with Gasteiger partial charge in [0.1, 0.15) is 0 Å². The molecule has 0 aliphatic rings. The molecule has 4 nitrogen and oxygen atoms in total. The summed E-state index contributed by atoms with van der Waals surface area (Å²) in [5.41, 5.74) is 2.65.